The van der Waals surface area contributed by atoms with Crippen molar-refractivity contribution in [2.45, 2.75) is 26.3 Å². The van der Waals surface area contributed by atoms with E-state index in [0.717, 1.165) is 13.0 Å². The van der Waals surface area contributed by atoms with Gasteiger partial charge in [0.2, 0.25) is 0 Å². The number of piperidine rings is 1. The number of carbonyl (C=O) groups excluding carboxylic acids is 2. The third-order valence-electron chi connectivity index (χ3n) is 2.91. The topological polar surface area (TPSA) is 67.9 Å². The predicted molar refractivity (Wildman–Crippen MR) is 66.2 cm³/mol. The molecule has 1 saturated heterocycles. The van der Waals surface area contributed by atoms with Crippen LogP contribution in [0.1, 0.15) is 20.3 Å². The molecule has 0 radical (unpaired) electrons. The van der Waals surface area contributed by atoms with Gasteiger partial charge in [0.1, 0.15) is 0 Å². The second-order valence-corrected chi connectivity index (χ2v) is 4.67. The van der Waals surface area contributed by atoms with Crippen molar-refractivity contribution in [1.82, 2.24) is 10.2 Å². The van der Waals surface area contributed by atoms with Crippen LogP contribution in [-0.2, 0) is 14.3 Å². The first-order valence-electron chi connectivity index (χ1n) is 6.27. The van der Waals surface area contributed by atoms with Gasteiger partial charge in [0, 0.05) is 19.1 Å². The van der Waals surface area contributed by atoms with Crippen molar-refractivity contribution in [2.24, 2.45) is 5.92 Å². The fourth-order valence-electron chi connectivity index (χ4n) is 2.28. The normalized spacial score (nSPS) is 24.4. The highest BCUT2D eigenvalue weighted by Gasteiger charge is 2.27. The number of esters is 1. The van der Waals surface area contributed by atoms with Crippen LogP contribution in [0.5, 0.6) is 0 Å². The van der Waals surface area contributed by atoms with Crippen molar-refractivity contribution < 1.29 is 19.1 Å². The number of nitrogens with zero attached hydrogens (tertiary/aromatic N) is 1. The second-order valence-electron chi connectivity index (χ2n) is 4.67. The monoisotopic (exact) mass is 258 g/mol. The van der Waals surface area contributed by atoms with Crippen LogP contribution in [0, 0.1) is 5.92 Å². The molecular weight excluding hydrogens is 236 g/mol. The lowest BCUT2D eigenvalue weighted by Gasteiger charge is -2.35. The van der Waals surface area contributed by atoms with Gasteiger partial charge in [-0.3, -0.25) is 9.69 Å². The van der Waals surface area contributed by atoms with Gasteiger partial charge in [-0.1, -0.05) is 6.92 Å². The molecule has 0 aromatic heterocycles. The van der Waals surface area contributed by atoms with E-state index in [4.69, 9.17) is 4.74 Å². The minimum atomic E-state index is -0.394. The number of hydrogen-bond donors (Lipinski definition) is 1. The Kier molecular flexibility index (Phi) is 5.91. The number of amides is 1. The Hall–Kier alpha value is -1.30. The minimum Gasteiger partial charge on any atom is -0.468 e. The minimum absolute atomic E-state index is 0.0254. The maximum absolute atomic E-state index is 11.4. The molecule has 6 heteroatoms. The van der Waals surface area contributed by atoms with E-state index in [9.17, 15) is 9.59 Å². The van der Waals surface area contributed by atoms with Gasteiger partial charge in [0.15, 0.2) is 0 Å². The number of alkyl carbamates (subject to hydrolysis) is 1. The molecule has 0 aromatic carbocycles. The zero-order chi connectivity index (χ0) is 13.5. The summed E-state index contributed by atoms with van der Waals surface area (Å²) in [5.74, 6) is 0.175. The Balaban J connectivity index is 2.44. The highest BCUT2D eigenvalue weighted by molar-refractivity contribution is 5.71. The maximum atomic E-state index is 11.4. The summed E-state index contributed by atoms with van der Waals surface area (Å²) in [5, 5.41) is 2.82. The number of methoxy groups -OCH3 is 1. The van der Waals surface area contributed by atoms with Gasteiger partial charge >= 0.3 is 12.1 Å². The van der Waals surface area contributed by atoms with Crippen molar-refractivity contribution in [3.8, 4) is 0 Å². The Bertz CT molecular complexity index is 296. The molecule has 1 fully saturated rings. The highest BCUT2D eigenvalue weighted by atomic mass is 16.5. The fourth-order valence-corrected chi connectivity index (χ4v) is 2.28. The van der Waals surface area contributed by atoms with Crippen molar-refractivity contribution in [2.75, 3.05) is 33.4 Å². The Morgan fingerprint density at radius 1 is 1.39 bits per heavy atom. The average molecular weight is 258 g/mol. The van der Waals surface area contributed by atoms with Crippen molar-refractivity contribution in [3.63, 3.8) is 0 Å². The lowest BCUT2D eigenvalue weighted by Crippen LogP contribution is -2.51. The average Bonchev–Trinajstić information content (AvgIpc) is 2.28. The molecule has 0 aliphatic carbocycles. The second kappa shape index (κ2) is 7.20. The Labute approximate surface area is 108 Å². The summed E-state index contributed by atoms with van der Waals surface area (Å²) in [6, 6.07) is 0.0254. The molecule has 1 aliphatic heterocycles. The zero-order valence-corrected chi connectivity index (χ0v) is 11.3. The third-order valence-corrected chi connectivity index (χ3v) is 2.91. The summed E-state index contributed by atoms with van der Waals surface area (Å²) in [6.45, 7) is 5.99. The number of hydrogen-bond acceptors (Lipinski definition) is 5. The molecule has 104 valence electrons. The molecule has 1 amide bonds. The Morgan fingerprint density at radius 3 is 2.72 bits per heavy atom. The van der Waals surface area contributed by atoms with E-state index in [1.165, 1.54) is 7.11 Å². The summed E-state index contributed by atoms with van der Waals surface area (Å²) < 4.78 is 9.51. The van der Waals surface area contributed by atoms with E-state index in [1.807, 2.05) is 4.90 Å². The van der Waals surface area contributed by atoms with Crippen LogP contribution >= 0.6 is 0 Å². The van der Waals surface area contributed by atoms with Gasteiger partial charge in [0.05, 0.1) is 20.3 Å². The number of carbonyl (C=O) groups is 2. The van der Waals surface area contributed by atoms with Crippen molar-refractivity contribution in [3.05, 3.63) is 0 Å². The SMILES string of the molecule is CCOC(=O)NC1CC(C)CN(CC(=O)OC)C1. The van der Waals surface area contributed by atoms with E-state index in [-0.39, 0.29) is 18.6 Å². The number of rotatable bonds is 4. The van der Waals surface area contributed by atoms with Crippen LogP contribution in [0.4, 0.5) is 4.79 Å². The lowest BCUT2D eigenvalue weighted by molar-refractivity contribution is -0.142. The summed E-state index contributed by atoms with van der Waals surface area (Å²) in [7, 11) is 1.38. The molecule has 1 heterocycles. The van der Waals surface area contributed by atoms with Crippen molar-refractivity contribution >= 4 is 12.1 Å². The highest BCUT2D eigenvalue weighted by Crippen LogP contribution is 2.16. The molecular formula is C12H22N2O4. The number of nitrogens with one attached hydrogen (secondary N) is 1. The Morgan fingerprint density at radius 2 is 2.11 bits per heavy atom. The predicted octanol–water partition coefficient (Wildman–Crippen LogP) is 0.616. The standard InChI is InChI=1S/C12H22N2O4/c1-4-18-12(16)13-10-5-9(2)6-14(7-10)8-11(15)17-3/h9-10H,4-8H2,1-3H3,(H,13,16). The first-order valence-corrected chi connectivity index (χ1v) is 6.27. The van der Waals surface area contributed by atoms with Gasteiger partial charge in [-0.15, -0.1) is 0 Å². The van der Waals surface area contributed by atoms with Crippen LogP contribution < -0.4 is 5.32 Å². The molecule has 18 heavy (non-hydrogen) atoms. The molecule has 0 spiro atoms. The first kappa shape index (κ1) is 14.8. The van der Waals surface area contributed by atoms with Crippen LogP contribution in [0.3, 0.4) is 0 Å². The molecule has 1 rings (SSSR count). The summed E-state index contributed by atoms with van der Waals surface area (Å²) in [5.41, 5.74) is 0. The lowest BCUT2D eigenvalue weighted by atomic mass is 9.96. The zero-order valence-electron chi connectivity index (χ0n) is 11.3. The quantitative estimate of drug-likeness (QED) is 0.749. The number of likely N-dealkylation sites (tertiary alicyclic amines) is 1. The van der Waals surface area contributed by atoms with Crippen LogP contribution in [0.25, 0.3) is 0 Å². The summed E-state index contributed by atoms with van der Waals surface area (Å²) in [4.78, 5) is 24.6. The van der Waals surface area contributed by atoms with Crippen LogP contribution in [0.2, 0.25) is 0 Å². The van der Waals surface area contributed by atoms with Gasteiger partial charge in [-0.25, -0.2) is 4.79 Å². The van der Waals surface area contributed by atoms with E-state index < -0.39 is 6.09 Å². The molecule has 0 bridgehead atoms. The van der Waals surface area contributed by atoms with E-state index in [2.05, 4.69) is 17.0 Å². The summed E-state index contributed by atoms with van der Waals surface area (Å²) >= 11 is 0. The molecule has 2 unspecified atom stereocenters. The molecule has 6 nitrogen and oxygen atoms in total. The van der Waals surface area contributed by atoms with Gasteiger partial charge in [-0.05, 0) is 19.3 Å². The largest absolute Gasteiger partial charge is 0.468 e. The van der Waals surface area contributed by atoms with Crippen LogP contribution in [0.15, 0.2) is 0 Å². The van der Waals surface area contributed by atoms with Crippen LogP contribution in [-0.4, -0.2) is 56.4 Å². The van der Waals surface area contributed by atoms with Crippen molar-refractivity contribution in [1.29, 1.82) is 0 Å². The summed E-state index contributed by atoms with van der Waals surface area (Å²) in [6.07, 6.45) is 0.505. The van der Waals surface area contributed by atoms with E-state index in [0.29, 0.717) is 19.1 Å². The number of ether oxygens (including phenoxy) is 2. The first-order chi connectivity index (χ1) is 8.55. The third kappa shape index (κ3) is 4.91. The smallest absolute Gasteiger partial charge is 0.407 e. The molecule has 0 aromatic rings. The van der Waals surface area contributed by atoms with Gasteiger partial charge in [-0.2, -0.15) is 0 Å². The molecule has 0 saturated carbocycles. The molecule has 1 aliphatic rings. The van der Waals surface area contributed by atoms with Gasteiger partial charge < -0.3 is 14.8 Å². The van der Waals surface area contributed by atoms with E-state index >= 15 is 0 Å². The van der Waals surface area contributed by atoms with E-state index in [1.54, 1.807) is 6.92 Å². The molecule has 1 N–H and O–H groups in total. The molecule has 2 atom stereocenters. The maximum Gasteiger partial charge on any atom is 0.407 e. The fraction of sp³-hybridized carbons (Fsp3) is 0.833. The van der Waals surface area contributed by atoms with Gasteiger partial charge in [0.25, 0.3) is 0 Å².